The van der Waals surface area contributed by atoms with E-state index in [1.165, 1.54) is 13.8 Å². The second-order valence-electron chi connectivity index (χ2n) is 6.48. The maximum Gasteiger partial charge on any atom is 0.417 e. The number of hydrogen-bond donors (Lipinski definition) is 0. The summed E-state index contributed by atoms with van der Waals surface area (Å²) in [5.41, 5.74) is -2.61. The van der Waals surface area contributed by atoms with Gasteiger partial charge in [-0.2, -0.15) is 23.5 Å². The second-order valence-corrected chi connectivity index (χ2v) is 6.89. The standard InChI is InChI=1S/C19H16ClF3N4O4/c1-4-30-17(29)18(2,3)31-15(28)6-5-14-11(8-24)9-26-27(14)16-13(20)7-12(10-25-16)19(21,22)23/h5-7,9-10H,4H2,1-3H3. The highest BCUT2D eigenvalue weighted by molar-refractivity contribution is 6.32. The van der Waals surface area contributed by atoms with E-state index in [0.717, 1.165) is 23.0 Å². The fraction of sp³-hybridized carbons (Fsp3) is 0.316. The molecule has 2 heterocycles. The topological polar surface area (TPSA) is 107 Å². The first kappa shape index (κ1) is 23.9. The van der Waals surface area contributed by atoms with Gasteiger partial charge in [0.25, 0.3) is 0 Å². The summed E-state index contributed by atoms with van der Waals surface area (Å²) in [5, 5.41) is 12.8. The van der Waals surface area contributed by atoms with E-state index >= 15 is 0 Å². The zero-order valence-electron chi connectivity index (χ0n) is 16.5. The molecule has 0 fully saturated rings. The smallest absolute Gasteiger partial charge is 0.417 e. The molecule has 0 aliphatic rings. The molecule has 0 radical (unpaired) electrons. The molecule has 12 heteroatoms. The fourth-order valence-electron chi connectivity index (χ4n) is 2.29. The van der Waals surface area contributed by atoms with Gasteiger partial charge in [-0.15, -0.1) is 0 Å². The monoisotopic (exact) mass is 456 g/mol. The third-order valence-corrected chi connectivity index (χ3v) is 4.05. The normalized spacial score (nSPS) is 11.9. The summed E-state index contributed by atoms with van der Waals surface area (Å²) in [5.74, 6) is -1.86. The molecular formula is C19H16ClF3N4O4. The van der Waals surface area contributed by atoms with Crippen LogP contribution < -0.4 is 0 Å². The quantitative estimate of drug-likeness (QED) is 0.481. The highest BCUT2D eigenvalue weighted by Gasteiger charge is 2.33. The maximum absolute atomic E-state index is 12.8. The minimum Gasteiger partial charge on any atom is -0.463 e. The van der Waals surface area contributed by atoms with Crippen molar-refractivity contribution in [2.75, 3.05) is 6.61 Å². The van der Waals surface area contributed by atoms with Crippen LogP contribution in [0, 0.1) is 11.3 Å². The number of nitriles is 1. The van der Waals surface area contributed by atoms with E-state index in [4.69, 9.17) is 21.1 Å². The molecule has 0 spiro atoms. The molecule has 2 aromatic rings. The van der Waals surface area contributed by atoms with E-state index in [1.807, 2.05) is 6.07 Å². The van der Waals surface area contributed by atoms with Crippen molar-refractivity contribution < 1.29 is 32.2 Å². The number of aromatic nitrogens is 3. The SMILES string of the molecule is CCOC(=O)C(C)(C)OC(=O)C=Cc1c(C#N)cnn1-c1ncc(C(F)(F)F)cc1Cl. The Kier molecular flexibility index (Phi) is 7.07. The van der Waals surface area contributed by atoms with E-state index in [2.05, 4.69) is 10.1 Å². The number of carbonyl (C=O) groups is 2. The summed E-state index contributed by atoms with van der Waals surface area (Å²) in [6, 6.07) is 2.50. The molecule has 0 bridgehead atoms. The van der Waals surface area contributed by atoms with Crippen molar-refractivity contribution in [3.05, 3.63) is 46.4 Å². The van der Waals surface area contributed by atoms with Gasteiger partial charge < -0.3 is 9.47 Å². The second kappa shape index (κ2) is 9.18. The van der Waals surface area contributed by atoms with E-state index in [1.54, 1.807) is 6.92 Å². The molecule has 2 rings (SSSR count). The van der Waals surface area contributed by atoms with Crippen LogP contribution in [0.5, 0.6) is 0 Å². The van der Waals surface area contributed by atoms with Gasteiger partial charge in [-0.3, -0.25) is 0 Å². The number of halogens is 4. The number of pyridine rings is 1. The first-order valence-electron chi connectivity index (χ1n) is 8.70. The summed E-state index contributed by atoms with van der Waals surface area (Å²) in [4.78, 5) is 27.6. The number of carbonyl (C=O) groups excluding carboxylic acids is 2. The number of hydrogen-bond acceptors (Lipinski definition) is 7. The van der Waals surface area contributed by atoms with Crippen LogP contribution in [0.2, 0.25) is 5.02 Å². The number of rotatable bonds is 6. The van der Waals surface area contributed by atoms with E-state index in [-0.39, 0.29) is 28.7 Å². The van der Waals surface area contributed by atoms with Crippen LogP contribution in [-0.4, -0.2) is 38.9 Å². The number of nitrogens with zero attached hydrogens (tertiary/aromatic N) is 4. The van der Waals surface area contributed by atoms with Crippen molar-refractivity contribution in [1.82, 2.24) is 14.8 Å². The van der Waals surface area contributed by atoms with E-state index < -0.39 is 29.3 Å². The largest absolute Gasteiger partial charge is 0.463 e. The molecule has 0 amide bonds. The Bertz CT molecular complexity index is 1070. The van der Waals surface area contributed by atoms with Crippen LogP contribution in [0.15, 0.2) is 24.5 Å². The highest BCUT2D eigenvalue weighted by atomic mass is 35.5. The summed E-state index contributed by atoms with van der Waals surface area (Å²) >= 11 is 5.94. The number of alkyl halides is 3. The summed E-state index contributed by atoms with van der Waals surface area (Å²) in [6.45, 7) is 4.38. The lowest BCUT2D eigenvalue weighted by atomic mass is 10.1. The van der Waals surface area contributed by atoms with Crippen molar-refractivity contribution in [3.8, 4) is 11.9 Å². The molecule has 0 aromatic carbocycles. The van der Waals surface area contributed by atoms with Crippen molar-refractivity contribution in [1.29, 1.82) is 5.26 Å². The third-order valence-electron chi connectivity index (χ3n) is 3.78. The van der Waals surface area contributed by atoms with Gasteiger partial charge in [0.05, 0.1) is 34.6 Å². The zero-order chi connectivity index (χ0) is 23.4. The summed E-state index contributed by atoms with van der Waals surface area (Å²) < 4.78 is 49.4. The van der Waals surface area contributed by atoms with Gasteiger partial charge in [0.2, 0.25) is 5.60 Å². The van der Waals surface area contributed by atoms with Gasteiger partial charge in [0.15, 0.2) is 5.82 Å². The lowest BCUT2D eigenvalue weighted by Crippen LogP contribution is -2.38. The number of ether oxygens (including phenoxy) is 2. The van der Waals surface area contributed by atoms with Crippen molar-refractivity contribution in [2.24, 2.45) is 0 Å². The van der Waals surface area contributed by atoms with Crippen LogP contribution in [0.4, 0.5) is 13.2 Å². The number of esters is 2. The molecule has 0 aliphatic heterocycles. The fourth-order valence-corrected chi connectivity index (χ4v) is 2.54. The Balaban J connectivity index is 2.36. The Morgan fingerprint density at radius 3 is 2.55 bits per heavy atom. The molecule has 2 aromatic heterocycles. The van der Waals surface area contributed by atoms with Gasteiger partial charge in [0.1, 0.15) is 6.07 Å². The van der Waals surface area contributed by atoms with Crippen molar-refractivity contribution in [3.63, 3.8) is 0 Å². The van der Waals surface area contributed by atoms with E-state index in [0.29, 0.717) is 12.3 Å². The van der Waals surface area contributed by atoms with Gasteiger partial charge in [0, 0.05) is 12.3 Å². The maximum atomic E-state index is 12.8. The molecule has 0 atom stereocenters. The summed E-state index contributed by atoms with van der Waals surface area (Å²) in [7, 11) is 0. The predicted octanol–water partition coefficient (Wildman–Crippen LogP) is 3.71. The molecule has 31 heavy (non-hydrogen) atoms. The lowest BCUT2D eigenvalue weighted by Gasteiger charge is -2.21. The Labute approximate surface area is 179 Å². The molecule has 0 unspecified atom stereocenters. The van der Waals surface area contributed by atoms with Crippen LogP contribution >= 0.6 is 11.6 Å². The molecule has 0 N–H and O–H groups in total. The lowest BCUT2D eigenvalue weighted by molar-refractivity contribution is -0.175. The van der Waals surface area contributed by atoms with Gasteiger partial charge in [-0.25, -0.2) is 19.3 Å². The molecule has 164 valence electrons. The first-order valence-corrected chi connectivity index (χ1v) is 9.08. The van der Waals surface area contributed by atoms with Crippen LogP contribution in [-0.2, 0) is 25.2 Å². The minimum absolute atomic E-state index is 0.00790. The highest BCUT2D eigenvalue weighted by Crippen LogP contribution is 2.32. The summed E-state index contributed by atoms with van der Waals surface area (Å²) in [6.07, 6.45) is -0.880. The van der Waals surface area contributed by atoms with E-state index in [9.17, 15) is 28.0 Å². The molecule has 8 nitrogen and oxygen atoms in total. The van der Waals surface area contributed by atoms with Gasteiger partial charge >= 0.3 is 18.1 Å². The van der Waals surface area contributed by atoms with Crippen molar-refractivity contribution in [2.45, 2.75) is 32.5 Å². The Morgan fingerprint density at radius 2 is 2.00 bits per heavy atom. The molecule has 0 saturated carbocycles. The third kappa shape index (κ3) is 5.61. The average molecular weight is 457 g/mol. The van der Waals surface area contributed by atoms with Crippen LogP contribution in [0.1, 0.15) is 37.6 Å². The predicted molar refractivity (Wildman–Crippen MR) is 102 cm³/mol. The zero-order valence-corrected chi connectivity index (χ0v) is 17.3. The van der Waals surface area contributed by atoms with Gasteiger partial charge in [-0.05, 0) is 32.9 Å². The van der Waals surface area contributed by atoms with Crippen LogP contribution in [0.3, 0.4) is 0 Å². The molecule has 0 aliphatic carbocycles. The molecule has 0 saturated heterocycles. The van der Waals surface area contributed by atoms with Crippen molar-refractivity contribution >= 4 is 29.6 Å². The molecular weight excluding hydrogens is 441 g/mol. The first-order chi connectivity index (χ1) is 14.4. The van der Waals surface area contributed by atoms with Crippen LogP contribution in [0.25, 0.3) is 11.9 Å². The Morgan fingerprint density at radius 1 is 1.32 bits per heavy atom. The Hall–Kier alpha value is -3.39. The minimum atomic E-state index is -4.64. The average Bonchev–Trinajstić information content (AvgIpc) is 3.08. The van der Waals surface area contributed by atoms with Gasteiger partial charge in [-0.1, -0.05) is 11.6 Å².